The molecular weight excluding hydrogens is 640 g/mol. The van der Waals surface area contributed by atoms with Crippen molar-refractivity contribution < 1.29 is 93.7 Å². The van der Waals surface area contributed by atoms with E-state index in [2.05, 4.69) is 0 Å². The standard InChI is InChI=1S/C28H46O19/c1-2-3-4-28(24(37)15(33)13(31)10(6-30)46-28)47-20-12-8-40-23(20)18(36)27(43-12)45-21-14(32)9(5-29)42-26(17(21)35)44-19-11-7-39-22(19)16(34)25(38)41-11/h9-27,29-38H,2-8H2,1H3/t9-,10-,11+,12+,13+,14-,15+,16+,17-,18+,19+,20+,21+,22+,23+,24-,25-,26+,27+,28+/m1/s1. The van der Waals surface area contributed by atoms with Gasteiger partial charge in [-0.25, -0.2) is 0 Å². The van der Waals surface area contributed by atoms with Gasteiger partial charge in [0.05, 0.1) is 26.4 Å². The molecule has 0 unspecified atom stereocenters. The van der Waals surface area contributed by atoms with Crippen molar-refractivity contribution in [1.82, 2.24) is 0 Å². The molecule has 20 atom stereocenters. The fourth-order valence-corrected chi connectivity index (χ4v) is 7.14. The zero-order chi connectivity index (χ0) is 33.8. The average Bonchev–Trinajstić information content (AvgIpc) is 3.54. The molecule has 0 aromatic heterocycles. The molecule has 0 amide bonds. The van der Waals surface area contributed by atoms with Crippen LogP contribution < -0.4 is 0 Å². The summed E-state index contributed by atoms with van der Waals surface area (Å²) in [6, 6.07) is 0. The normalized spacial score (nSPS) is 54.6. The first-order valence-electron chi connectivity index (χ1n) is 16.0. The second-order valence-corrected chi connectivity index (χ2v) is 12.9. The van der Waals surface area contributed by atoms with Crippen molar-refractivity contribution in [2.45, 2.75) is 149 Å². The Morgan fingerprint density at radius 2 is 1.26 bits per heavy atom. The molecule has 0 aliphatic carbocycles. The van der Waals surface area contributed by atoms with Gasteiger partial charge in [0.1, 0.15) is 97.7 Å². The Morgan fingerprint density at radius 3 is 1.91 bits per heavy atom. The Balaban J connectivity index is 1.16. The Kier molecular flexibility index (Phi) is 11.1. The van der Waals surface area contributed by atoms with E-state index in [1.165, 1.54) is 0 Å². The van der Waals surface area contributed by atoms with Gasteiger partial charge in [-0.05, 0) is 6.42 Å². The van der Waals surface area contributed by atoms with Crippen LogP contribution in [0.3, 0.4) is 0 Å². The van der Waals surface area contributed by atoms with Gasteiger partial charge in [0.15, 0.2) is 24.7 Å². The number of hydrogen-bond acceptors (Lipinski definition) is 19. The van der Waals surface area contributed by atoms with Gasteiger partial charge in [-0.15, -0.1) is 0 Å². The third-order valence-corrected chi connectivity index (χ3v) is 9.81. The minimum absolute atomic E-state index is 0.0195. The molecule has 19 nitrogen and oxygen atoms in total. The van der Waals surface area contributed by atoms with Gasteiger partial charge in [-0.3, -0.25) is 0 Å². The smallest absolute Gasteiger partial charge is 0.198 e. The van der Waals surface area contributed by atoms with E-state index in [0.717, 1.165) is 0 Å². The molecule has 19 heteroatoms. The molecular formula is C28H46O19. The van der Waals surface area contributed by atoms with Crippen LogP contribution in [0.4, 0.5) is 0 Å². The molecule has 0 saturated carbocycles. The summed E-state index contributed by atoms with van der Waals surface area (Å²) in [5.74, 6) is -1.91. The molecule has 0 aromatic rings. The highest BCUT2D eigenvalue weighted by molar-refractivity contribution is 5.03. The summed E-state index contributed by atoms with van der Waals surface area (Å²) in [7, 11) is 0. The minimum atomic E-state index is -1.91. The van der Waals surface area contributed by atoms with Crippen molar-refractivity contribution >= 4 is 0 Å². The van der Waals surface area contributed by atoms with E-state index in [1.54, 1.807) is 0 Å². The lowest BCUT2D eigenvalue weighted by atomic mass is 9.88. The molecule has 4 bridgehead atoms. The zero-order valence-electron chi connectivity index (χ0n) is 25.6. The van der Waals surface area contributed by atoms with E-state index in [4.69, 9.17) is 42.6 Å². The van der Waals surface area contributed by atoms with Crippen molar-refractivity contribution in [2.75, 3.05) is 26.4 Å². The van der Waals surface area contributed by atoms with Crippen molar-refractivity contribution in [3.05, 3.63) is 0 Å². The van der Waals surface area contributed by atoms with Gasteiger partial charge >= 0.3 is 0 Å². The van der Waals surface area contributed by atoms with Crippen LogP contribution in [0.1, 0.15) is 26.2 Å². The molecule has 0 radical (unpaired) electrons. The lowest BCUT2D eigenvalue weighted by Gasteiger charge is -2.51. The van der Waals surface area contributed by atoms with Gasteiger partial charge in [0, 0.05) is 6.42 Å². The van der Waals surface area contributed by atoms with Crippen molar-refractivity contribution in [2.24, 2.45) is 0 Å². The number of rotatable bonds is 11. The summed E-state index contributed by atoms with van der Waals surface area (Å²) < 4.78 is 52.0. The lowest BCUT2D eigenvalue weighted by Crippen LogP contribution is -2.69. The molecule has 272 valence electrons. The molecule has 0 spiro atoms. The SMILES string of the molecule is CCCC[C@@]1(O[C@@H]2[C@H]3OC[C@@H]2O[C@@H](O[C@@H]2[C@@H](O)[C@H](O[C@@H]4[C@H]5OC[C@@H]4O[C@@H](O)[C@H]5O)O[C@H](CO)[C@H]2O)[C@H]3O)O[C@H](CO)[C@H](O)[C@H](O)[C@H]1O. The van der Waals surface area contributed by atoms with Gasteiger partial charge in [0.2, 0.25) is 0 Å². The maximum Gasteiger partial charge on any atom is 0.198 e. The van der Waals surface area contributed by atoms with Gasteiger partial charge in [0.25, 0.3) is 0 Å². The van der Waals surface area contributed by atoms with Crippen molar-refractivity contribution in [3.8, 4) is 0 Å². The maximum atomic E-state index is 11.3. The summed E-state index contributed by atoms with van der Waals surface area (Å²) in [6.07, 6.45) is -25.1. The van der Waals surface area contributed by atoms with Gasteiger partial charge in [-0.1, -0.05) is 13.3 Å². The predicted molar refractivity (Wildman–Crippen MR) is 146 cm³/mol. The highest BCUT2D eigenvalue weighted by Gasteiger charge is 2.61. The Bertz CT molecular complexity index is 1040. The van der Waals surface area contributed by atoms with Crippen molar-refractivity contribution in [3.63, 3.8) is 0 Å². The van der Waals surface area contributed by atoms with Crippen LogP contribution in [-0.2, 0) is 42.6 Å². The fraction of sp³-hybridized carbons (Fsp3) is 1.00. The fourth-order valence-electron chi connectivity index (χ4n) is 7.14. The summed E-state index contributed by atoms with van der Waals surface area (Å²) in [5, 5.41) is 105. The third-order valence-electron chi connectivity index (χ3n) is 9.81. The van der Waals surface area contributed by atoms with Crippen LogP contribution in [0.5, 0.6) is 0 Å². The highest BCUT2D eigenvalue weighted by atomic mass is 16.8. The average molecular weight is 687 g/mol. The van der Waals surface area contributed by atoms with Gasteiger partial charge < -0.3 is 93.7 Å². The highest BCUT2D eigenvalue weighted by Crippen LogP contribution is 2.42. The molecule has 0 aromatic carbocycles. The summed E-state index contributed by atoms with van der Waals surface area (Å²) in [4.78, 5) is 0. The van der Waals surface area contributed by atoms with Crippen molar-refractivity contribution in [1.29, 1.82) is 0 Å². The van der Waals surface area contributed by atoms with Crippen LogP contribution in [0.2, 0.25) is 0 Å². The van der Waals surface area contributed by atoms with Crippen LogP contribution in [0, 0.1) is 0 Å². The Labute approximate surface area is 269 Å². The van der Waals surface area contributed by atoms with E-state index in [-0.39, 0.29) is 19.6 Å². The molecule has 6 rings (SSSR count). The van der Waals surface area contributed by atoms with E-state index >= 15 is 0 Å². The second-order valence-electron chi connectivity index (χ2n) is 12.9. The quantitative estimate of drug-likeness (QED) is 0.0968. The Morgan fingerprint density at radius 1 is 0.638 bits per heavy atom. The number of ether oxygens (including phenoxy) is 9. The number of aliphatic hydroxyl groups is 10. The monoisotopic (exact) mass is 686 g/mol. The molecule has 6 aliphatic rings. The largest absolute Gasteiger partial charge is 0.394 e. The molecule has 6 heterocycles. The van der Waals surface area contributed by atoms with Crippen LogP contribution in [0.25, 0.3) is 0 Å². The summed E-state index contributed by atoms with van der Waals surface area (Å²) >= 11 is 0. The first kappa shape index (κ1) is 36.0. The third kappa shape index (κ3) is 6.48. The topological polar surface area (TPSA) is 285 Å². The van der Waals surface area contributed by atoms with Gasteiger partial charge in [-0.2, -0.15) is 0 Å². The molecule has 10 N–H and O–H groups in total. The summed E-state index contributed by atoms with van der Waals surface area (Å²) in [5.41, 5.74) is 0. The van der Waals surface area contributed by atoms with Crippen LogP contribution >= 0.6 is 0 Å². The first-order chi connectivity index (χ1) is 22.4. The van der Waals surface area contributed by atoms with Crippen LogP contribution in [-0.4, -0.2) is 200 Å². The lowest BCUT2D eigenvalue weighted by molar-refractivity contribution is -0.400. The zero-order valence-corrected chi connectivity index (χ0v) is 25.6. The Hall–Kier alpha value is -0.760. The maximum absolute atomic E-state index is 11.3. The predicted octanol–water partition coefficient (Wildman–Crippen LogP) is -6.10. The van der Waals surface area contributed by atoms with E-state index < -0.39 is 136 Å². The molecule has 47 heavy (non-hydrogen) atoms. The second kappa shape index (κ2) is 14.5. The van der Waals surface area contributed by atoms with E-state index in [0.29, 0.717) is 12.8 Å². The van der Waals surface area contributed by atoms with E-state index in [1.807, 2.05) is 6.92 Å². The first-order valence-corrected chi connectivity index (χ1v) is 16.0. The number of aliphatic hydroxyl groups excluding tert-OH is 10. The molecule has 6 aliphatic heterocycles. The summed E-state index contributed by atoms with van der Waals surface area (Å²) in [6.45, 7) is 0.364. The number of unbranched alkanes of at least 4 members (excludes halogenated alkanes) is 1. The molecule has 6 fully saturated rings. The number of hydrogen-bond donors (Lipinski definition) is 10. The van der Waals surface area contributed by atoms with E-state index in [9.17, 15) is 51.1 Å². The number of fused-ring (bicyclic) bond motifs is 4. The van der Waals surface area contributed by atoms with Crippen LogP contribution in [0.15, 0.2) is 0 Å². The molecule has 6 saturated heterocycles. The minimum Gasteiger partial charge on any atom is -0.394 e.